The summed E-state index contributed by atoms with van der Waals surface area (Å²) in [7, 11) is 0. The second-order valence-corrected chi connectivity index (χ2v) is 9.29. The molecular formula is C25H22Cl2N2O4. The topological polar surface area (TPSA) is 74.8 Å². The van der Waals surface area contributed by atoms with Gasteiger partial charge >= 0.3 is 0 Å². The summed E-state index contributed by atoms with van der Waals surface area (Å²) in [4.78, 5) is 53.1. The van der Waals surface area contributed by atoms with Gasteiger partial charge in [0.1, 0.15) is 6.54 Å². The summed E-state index contributed by atoms with van der Waals surface area (Å²) < 4.78 is 0. The lowest BCUT2D eigenvalue weighted by atomic mass is 9.82. The molecule has 170 valence electrons. The predicted octanol–water partition coefficient (Wildman–Crippen LogP) is 4.88. The molecule has 3 amide bonds. The number of hydrogen-bond donors (Lipinski definition) is 0. The summed E-state index contributed by atoms with van der Waals surface area (Å²) in [5.41, 5.74) is 2.50. The summed E-state index contributed by atoms with van der Waals surface area (Å²) >= 11 is 12.1. The van der Waals surface area contributed by atoms with Crippen molar-refractivity contribution in [3.8, 4) is 0 Å². The highest BCUT2D eigenvalue weighted by Crippen LogP contribution is 2.38. The third kappa shape index (κ3) is 4.45. The normalized spacial score (nSPS) is 19.9. The summed E-state index contributed by atoms with van der Waals surface area (Å²) in [6.07, 6.45) is 2.82. The van der Waals surface area contributed by atoms with Crippen molar-refractivity contribution in [2.75, 3.05) is 6.54 Å². The van der Waals surface area contributed by atoms with Crippen LogP contribution in [0.1, 0.15) is 46.0 Å². The van der Waals surface area contributed by atoms with Crippen molar-refractivity contribution in [2.45, 2.75) is 26.7 Å². The van der Waals surface area contributed by atoms with Crippen LogP contribution in [-0.4, -0.2) is 40.1 Å². The van der Waals surface area contributed by atoms with Gasteiger partial charge in [0.05, 0.1) is 21.9 Å². The molecule has 0 saturated carbocycles. The molecule has 2 aromatic carbocycles. The quantitative estimate of drug-likeness (QED) is 0.344. The molecule has 4 rings (SSSR count). The Morgan fingerprint density at radius 3 is 2.24 bits per heavy atom. The number of carbonyl (C=O) groups excluding carboxylic acids is 4. The van der Waals surface area contributed by atoms with Crippen LogP contribution in [0.15, 0.2) is 54.1 Å². The number of imide groups is 1. The maximum atomic E-state index is 13.5. The van der Waals surface area contributed by atoms with Crippen LogP contribution in [0.3, 0.4) is 0 Å². The van der Waals surface area contributed by atoms with Gasteiger partial charge in [0.2, 0.25) is 0 Å². The van der Waals surface area contributed by atoms with E-state index in [1.165, 1.54) is 18.2 Å². The maximum absolute atomic E-state index is 13.5. The molecule has 0 radical (unpaired) electrons. The van der Waals surface area contributed by atoms with Crippen LogP contribution in [-0.2, 0) is 9.59 Å². The highest BCUT2D eigenvalue weighted by Gasteiger charge is 2.51. The number of rotatable bonds is 5. The molecule has 2 atom stereocenters. The average Bonchev–Trinajstić information content (AvgIpc) is 3.03. The van der Waals surface area contributed by atoms with Crippen LogP contribution in [0.5, 0.6) is 0 Å². The molecule has 1 aliphatic heterocycles. The Labute approximate surface area is 201 Å². The molecule has 2 aliphatic rings. The molecule has 0 bridgehead atoms. The summed E-state index contributed by atoms with van der Waals surface area (Å²) in [6, 6.07) is 11.1. The molecule has 1 saturated heterocycles. The molecule has 2 aromatic rings. The monoisotopic (exact) mass is 484 g/mol. The Kier molecular flexibility index (Phi) is 6.41. The Morgan fingerprint density at radius 2 is 1.58 bits per heavy atom. The molecule has 1 fully saturated rings. The minimum Gasteiger partial charge on any atom is -0.292 e. The smallest absolute Gasteiger partial charge is 0.273 e. The van der Waals surface area contributed by atoms with Crippen molar-refractivity contribution >= 4 is 46.7 Å². The number of halogens is 2. The first-order valence-electron chi connectivity index (χ1n) is 10.6. The molecule has 8 heteroatoms. The van der Waals surface area contributed by atoms with E-state index < -0.39 is 41.9 Å². The van der Waals surface area contributed by atoms with Gasteiger partial charge in [-0.05, 0) is 44.9 Å². The van der Waals surface area contributed by atoms with Gasteiger partial charge in [-0.1, -0.05) is 64.7 Å². The maximum Gasteiger partial charge on any atom is 0.273 e. The molecule has 0 unspecified atom stereocenters. The van der Waals surface area contributed by atoms with E-state index in [0.29, 0.717) is 18.4 Å². The van der Waals surface area contributed by atoms with Crippen molar-refractivity contribution in [2.24, 2.45) is 11.8 Å². The summed E-state index contributed by atoms with van der Waals surface area (Å²) in [6.45, 7) is 3.34. The minimum absolute atomic E-state index is 0.117. The third-order valence-electron chi connectivity index (χ3n) is 6.11. The number of fused-ring (bicyclic) bond motifs is 1. The number of hydrogen-bond acceptors (Lipinski definition) is 4. The van der Waals surface area contributed by atoms with Crippen LogP contribution in [0.2, 0.25) is 10.0 Å². The van der Waals surface area contributed by atoms with E-state index in [9.17, 15) is 19.2 Å². The lowest BCUT2D eigenvalue weighted by Crippen LogP contribution is -2.52. The van der Waals surface area contributed by atoms with E-state index in [1.54, 1.807) is 24.3 Å². The van der Waals surface area contributed by atoms with Gasteiger partial charge in [-0.25, -0.2) is 5.01 Å². The van der Waals surface area contributed by atoms with Crippen molar-refractivity contribution in [1.29, 1.82) is 0 Å². The number of carbonyl (C=O) groups is 4. The standard InChI is InChI=1S/C25H22Cl2N2O4/c1-14-3-6-16(7-4-14)22(30)13-28(23(31)17-8-10-20(26)21(27)12-17)29-24(32)18-9-5-15(2)11-19(18)25(29)33/h3-8,10,12,18-19H,9,11,13H2,1-2H3/t18-,19+/m0/s1. The van der Waals surface area contributed by atoms with Crippen molar-refractivity contribution in [1.82, 2.24) is 10.0 Å². The van der Waals surface area contributed by atoms with Crippen molar-refractivity contribution in [3.05, 3.63) is 80.8 Å². The second kappa shape index (κ2) is 9.12. The van der Waals surface area contributed by atoms with E-state index in [4.69, 9.17) is 23.2 Å². The fourth-order valence-electron chi connectivity index (χ4n) is 4.24. The molecule has 0 spiro atoms. The number of hydrazine groups is 1. The van der Waals surface area contributed by atoms with Crippen molar-refractivity contribution in [3.63, 3.8) is 0 Å². The van der Waals surface area contributed by atoms with Gasteiger partial charge < -0.3 is 0 Å². The first-order chi connectivity index (χ1) is 15.7. The van der Waals surface area contributed by atoms with E-state index in [2.05, 4.69) is 0 Å². The van der Waals surface area contributed by atoms with Gasteiger partial charge in [-0.3, -0.25) is 19.2 Å². The van der Waals surface area contributed by atoms with Crippen LogP contribution >= 0.6 is 23.2 Å². The van der Waals surface area contributed by atoms with Crippen molar-refractivity contribution < 1.29 is 19.2 Å². The number of aryl methyl sites for hydroxylation is 1. The number of amides is 3. The lowest BCUT2D eigenvalue weighted by Gasteiger charge is -2.30. The number of benzene rings is 2. The van der Waals surface area contributed by atoms with Gasteiger partial charge in [0.25, 0.3) is 17.7 Å². The van der Waals surface area contributed by atoms with Gasteiger partial charge in [0.15, 0.2) is 5.78 Å². The SMILES string of the molecule is CC1=CC[C@@H]2C(=O)N(N(CC(=O)c3ccc(C)cc3)C(=O)c3ccc(Cl)c(Cl)c3)C(=O)[C@@H]2C1. The summed E-state index contributed by atoms with van der Waals surface area (Å²) in [5.74, 6) is -3.10. The van der Waals surface area contributed by atoms with Crippen LogP contribution < -0.4 is 0 Å². The summed E-state index contributed by atoms with van der Waals surface area (Å²) in [5, 5.41) is 2.22. The second-order valence-electron chi connectivity index (χ2n) is 8.47. The molecule has 33 heavy (non-hydrogen) atoms. The first kappa shape index (κ1) is 23.2. The Morgan fingerprint density at radius 1 is 0.939 bits per heavy atom. The molecule has 0 N–H and O–H groups in total. The van der Waals surface area contributed by atoms with Crippen LogP contribution in [0, 0.1) is 18.8 Å². The third-order valence-corrected chi connectivity index (χ3v) is 6.85. The van der Waals surface area contributed by atoms with E-state index in [-0.39, 0.29) is 15.6 Å². The van der Waals surface area contributed by atoms with Crippen LogP contribution in [0.25, 0.3) is 0 Å². The zero-order valence-electron chi connectivity index (χ0n) is 18.2. The van der Waals surface area contributed by atoms with Crippen LogP contribution in [0.4, 0.5) is 0 Å². The van der Waals surface area contributed by atoms with E-state index >= 15 is 0 Å². The molecule has 1 heterocycles. The largest absolute Gasteiger partial charge is 0.292 e. The van der Waals surface area contributed by atoms with Gasteiger partial charge in [0, 0.05) is 11.1 Å². The van der Waals surface area contributed by atoms with E-state index in [0.717, 1.165) is 21.2 Å². The molecule has 6 nitrogen and oxygen atoms in total. The number of nitrogens with zero attached hydrogens (tertiary/aromatic N) is 2. The number of Topliss-reactive ketones (excluding diaryl/α,β-unsaturated/α-hetero) is 1. The number of allylic oxidation sites excluding steroid dienone is 2. The molecule has 1 aliphatic carbocycles. The zero-order valence-corrected chi connectivity index (χ0v) is 19.7. The minimum atomic E-state index is -0.681. The predicted molar refractivity (Wildman–Crippen MR) is 125 cm³/mol. The number of ketones is 1. The Hall–Kier alpha value is -2.96. The highest BCUT2D eigenvalue weighted by atomic mass is 35.5. The van der Waals surface area contributed by atoms with Gasteiger partial charge in [-0.2, -0.15) is 5.01 Å². The average molecular weight is 485 g/mol. The molecular weight excluding hydrogens is 463 g/mol. The lowest BCUT2D eigenvalue weighted by molar-refractivity contribution is -0.154. The van der Waals surface area contributed by atoms with Gasteiger partial charge in [-0.15, -0.1) is 0 Å². The first-order valence-corrected chi connectivity index (χ1v) is 11.3. The Balaban J connectivity index is 1.71. The fraction of sp³-hybridized carbons (Fsp3) is 0.280. The fourth-order valence-corrected chi connectivity index (χ4v) is 4.53. The Bertz CT molecular complexity index is 1190. The van der Waals surface area contributed by atoms with E-state index in [1.807, 2.05) is 19.9 Å². The zero-order chi connectivity index (χ0) is 23.9. The molecule has 0 aromatic heterocycles. The highest BCUT2D eigenvalue weighted by molar-refractivity contribution is 6.42.